The van der Waals surface area contributed by atoms with E-state index >= 15 is 0 Å². The van der Waals surface area contributed by atoms with Crippen molar-refractivity contribution in [3.05, 3.63) is 59.7 Å². The summed E-state index contributed by atoms with van der Waals surface area (Å²) >= 11 is 0. The summed E-state index contributed by atoms with van der Waals surface area (Å²) in [6.07, 6.45) is 7.59. The van der Waals surface area contributed by atoms with Crippen LogP contribution in [0.15, 0.2) is 53.5 Å². The Morgan fingerprint density at radius 3 is 2.03 bits per heavy atom. The Balaban J connectivity index is 1.44. The van der Waals surface area contributed by atoms with E-state index in [1.807, 2.05) is 0 Å². The number of carbonyl (C=O) groups excluding carboxylic acids is 4. The van der Waals surface area contributed by atoms with Gasteiger partial charge in [-0.3, -0.25) is 24.2 Å². The van der Waals surface area contributed by atoms with Crippen LogP contribution in [0.4, 0.5) is 11.4 Å². The number of benzene rings is 2. The summed E-state index contributed by atoms with van der Waals surface area (Å²) in [5, 5.41) is 11.2. The van der Waals surface area contributed by atoms with Gasteiger partial charge in [-0.1, -0.05) is 50.5 Å². The Bertz CT molecular complexity index is 1730. The summed E-state index contributed by atoms with van der Waals surface area (Å²) in [7, 11) is -4.13. The second-order valence-corrected chi connectivity index (χ2v) is 16.5. The molecule has 1 saturated heterocycles. The summed E-state index contributed by atoms with van der Waals surface area (Å²) in [4.78, 5) is 60.1. The molecular formula is C40H63N11O6S. The lowest BCUT2D eigenvalue weighted by Gasteiger charge is -2.34. The van der Waals surface area contributed by atoms with Gasteiger partial charge in [0.2, 0.25) is 24.1 Å². The lowest BCUT2D eigenvalue weighted by atomic mass is 9.96. The minimum atomic E-state index is -4.13. The summed E-state index contributed by atoms with van der Waals surface area (Å²) in [6, 6.07) is 11.2. The third-order valence-corrected chi connectivity index (χ3v) is 11.5. The SMILES string of the molecule is CCCN1CCN(CCC(=O)Nc2ccc(C[C@@H](NS(=O)(=O)NC3CCCCC3)C(=O)N[C@@H](Cc3ccc(NC=O)cc3)C(=O)NCCCCN=C(N)N)cc2)CC1. The van der Waals surface area contributed by atoms with Crippen molar-refractivity contribution >= 4 is 51.7 Å². The fourth-order valence-electron chi connectivity index (χ4n) is 7.15. The number of nitrogens with zero attached hydrogens (tertiary/aromatic N) is 3. The van der Waals surface area contributed by atoms with E-state index in [9.17, 15) is 27.6 Å². The largest absolute Gasteiger partial charge is 0.370 e. The molecule has 1 aliphatic heterocycles. The van der Waals surface area contributed by atoms with Crippen molar-refractivity contribution in [2.45, 2.75) is 95.7 Å². The molecule has 2 fully saturated rings. The Morgan fingerprint density at radius 1 is 0.828 bits per heavy atom. The maximum absolute atomic E-state index is 14.1. The zero-order valence-electron chi connectivity index (χ0n) is 33.7. The predicted octanol–water partition coefficient (Wildman–Crippen LogP) is 1.18. The first-order chi connectivity index (χ1) is 27.9. The highest BCUT2D eigenvalue weighted by Crippen LogP contribution is 2.19. The van der Waals surface area contributed by atoms with Crippen molar-refractivity contribution < 1.29 is 27.6 Å². The Labute approximate surface area is 343 Å². The molecule has 17 nitrogen and oxygen atoms in total. The number of nitrogens with one attached hydrogen (secondary N) is 6. The van der Waals surface area contributed by atoms with Crippen LogP contribution in [0, 0.1) is 0 Å². The summed E-state index contributed by atoms with van der Waals surface area (Å²) < 4.78 is 32.2. The number of hydrogen-bond acceptors (Lipinski definition) is 9. The maximum atomic E-state index is 14.1. The number of nitrogens with two attached hydrogens (primary N) is 2. The smallest absolute Gasteiger partial charge is 0.277 e. The normalized spacial score (nSPS) is 16.4. The van der Waals surface area contributed by atoms with Gasteiger partial charge in [0.15, 0.2) is 5.96 Å². The first-order valence-corrected chi connectivity index (χ1v) is 22.0. The quantitative estimate of drug-likeness (QED) is 0.0325. The molecular weight excluding hydrogens is 763 g/mol. The molecule has 0 aromatic heterocycles. The molecule has 1 saturated carbocycles. The van der Waals surface area contributed by atoms with Crippen LogP contribution in [0.25, 0.3) is 0 Å². The van der Waals surface area contributed by atoms with Gasteiger partial charge in [0, 0.05) is 76.1 Å². The van der Waals surface area contributed by atoms with Gasteiger partial charge in [-0.15, -0.1) is 0 Å². The number of guanidine groups is 1. The topological polar surface area (TPSA) is 245 Å². The lowest BCUT2D eigenvalue weighted by molar-refractivity contribution is -0.129. The Morgan fingerprint density at radius 2 is 1.43 bits per heavy atom. The molecule has 4 amide bonds. The minimum absolute atomic E-state index is 0.0132. The van der Waals surface area contributed by atoms with Crippen molar-refractivity contribution in [3.63, 3.8) is 0 Å². The Hall–Kier alpha value is -4.62. The molecule has 4 rings (SSSR count). The summed E-state index contributed by atoms with van der Waals surface area (Å²) in [5.41, 5.74) is 13.3. The van der Waals surface area contributed by atoms with Crippen molar-refractivity contribution in [1.82, 2.24) is 29.9 Å². The third kappa shape index (κ3) is 17.1. The van der Waals surface area contributed by atoms with Gasteiger partial charge in [-0.2, -0.15) is 17.9 Å². The van der Waals surface area contributed by atoms with Gasteiger partial charge < -0.3 is 42.5 Å². The number of carbonyl (C=O) groups is 4. The number of hydrogen-bond donors (Lipinski definition) is 8. The van der Waals surface area contributed by atoms with Gasteiger partial charge >= 0.3 is 0 Å². The molecule has 1 heterocycles. The average Bonchev–Trinajstić information content (AvgIpc) is 3.20. The first kappa shape index (κ1) is 46.1. The zero-order valence-corrected chi connectivity index (χ0v) is 34.5. The van der Waals surface area contributed by atoms with Gasteiger partial charge in [0.25, 0.3) is 10.2 Å². The summed E-state index contributed by atoms with van der Waals surface area (Å²) in [5.74, 6) is -1.25. The maximum Gasteiger partial charge on any atom is 0.277 e. The monoisotopic (exact) mass is 825 g/mol. The summed E-state index contributed by atoms with van der Waals surface area (Å²) in [6.45, 7) is 8.56. The number of rotatable bonds is 24. The van der Waals surface area contributed by atoms with Gasteiger partial charge in [0.05, 0.1) is 0 Å². The molecule has 18 heteroatoms. The van der Waals surface area contributed by atoms with Crippen LogP contribution < -0.4 is 42.2 Å². The number of amides is 4. The van der Waals surface area contributed by atoms with E-state index in [4.69, 9.17) is 11.5 Å². The molecule has 58 heavy (non-hydrogen) atoms. The second-order valence-electron chi connectivity index (χ2n) is 15.0. The van der Waals surface area contributed by atoms with E-state index in [-0.39, 0.29) is 30.8 Å². The first-order valence-electron chi connectivity index (χ1n) is 20.5. The molecule has 320 valence electrons. The van der Waals surface area contributed by atoms with Crippen molar-refractivity contribution in [2.75, 3.05) is 63.0 Å². The van der Waals surface area contributed by atoms with Crippen LogP contribution in [0.2, 0.25) is 0 Å². The molecule has 0 spiro atoms. The molecule has 0 radical (unpaired) electrons. The van der Waals surface area contributed by atoms with Crippen molar-refractivity contribution in [1.29, 1.82) is 0 Å². The minimum Gasteiger partial charge on any atom is -0.370 e. The molecule has 1 aliphatic carbocycles. The van der Waals surface area contributed by atoms with Crippen LogP contribution in [0.1, 0.15) is 75.8 Å². The molecule has 2 atom stereocenters. The number of unbranched alkanes of at least 4 members (excludes halogenated alkanes) is 1. The molecule has 2 aromatic carbocycles. The lowest BCUT2D eigenvalue weighted by Crippen LogP contribution is -2.57. The molecule has 2 aliphatic rings. The molecule has 10 N–H and O–H groups in total. The number of anilines is 2. The third-order valence-electron chi connectivity index (χ3n) is 10.3. The van der Waals surface area contributed by atoms with E-state index in [1.54, 1.807) is 48.5 Å². The Kier molecular flexibility index (Phi) is 19.3. The van der Waals surface area contributed by atoms with Crippen LogP contribution in [0.5, 0.6) is 0 Å². The number of piperazine rings is 1. The van der Waals surface area contributed by atoms with Crippen LogP contribution >= 0.6 is 0 Å². The van der Waals surface area contributed by atoms with E-state index in [2.05, 4.69) is 52.4 Å². The van der Waals surface area contributed by atoms with Gasteiger partial charge in [-0.05, 0) is 80.5 Å². The van der Waals surface area contributed by atoms with Gasteiger partial charge in [-0.25, -0.2) is 0 Å². The van der Waals surface area contributed by atoms with Gasteiger partial charge in [0.1, 0.15) is 12.1 Å². The van der Waals surface area contributed by atoms with Crippen molar-refractivity contribution in [2.24, 2.45) is 16.5 Å². The average molecular weight is 826 g/mol. The molecule has 2 aromatic rings. The molecule has 0 unspecified atom stereocenters. The van der Waals surface area contributed by atoms with E-state index in [1.165, 1.54) is 0 Å². The van der Waals surface area contributed by atoms with E-state index in [0.29, 0.717) is 80.7 Å². The van der Waals surface area contributed by atoms with E-state index < -0.39 is 34.1 Å². The second kappa shape index (κ2) is 24.3. The zero-order chi connectivity index (χ0) is 41.8. The van der Waals surface area contributed by atoms with E-state index in [0.717, 1.165) is 58.4 Å². The highest BCUT2D eigenvalue weighted by atomic mass is 32.2. The van der Waals surface area contributed by atoms with Crippen LogP contribution in [-0.4, -0.2) is 119 Å². The fraction of sp³-hybridized carbons (Fsp3) is 0.575. The van der Waals surface area contributed by atoms with Crippen LogP contribution in [-0.2, 0) is 42.2 Å². The number of aliphatic imine (C=N–C) groups is 1. The van der Waals surface area contributed by atoms with Crippen molar-refractivity contribution in [3.8, 4) is 0 Å². The molecule has 0 bridgehead atoms. The fourth-order valence-corrected chi connectivity index (χ4v) is 8.45. The highest BCUT2D eigenvalue weighted by molar-refractivity contribution is 7.87. The predicted molar refractivity (Wildman–Crippen MR) is 227 cm³/mol. The standard InChI is InChI=1S/C40H63N11O6S/c1-2-21-50-23-25-51(26-24-50)22-18-37(53)46-33-16-12-31(13-17-33)28-36(49-58(56,57)48-34-8-4-3-5-9-34)39(55)47-35(27-30-10-14-32(15-11-30)45-29-52)38(54)43-19-6-7-20-44-40(41)42/h10-17,29,34-36,48-49H,2-9,18-28H2,1H3,(H,43,54)(H,45,52)(H,46,53)(H,47,55)(H4,41,42,44)/t35-,36+/m0/s1. The highest BCUT2D eigenvalue weighted by Gasteiger charge is 2.31. The van der Waals surface area contributed by atoms with Crippen LogP contribution in [0.3, 0.4) is 0 Å².